The van der Waals surface area contributed by atoms with Crippen molar-refractivity contribution in [2.24, 2.45) is 0 Å². The molecule has 0 unspecified atom stereocenters. The van der Waals surface area contributed by atoms with Crippen molar-refractivity contribution >= 4 is 25.9 Å². The van der Waals surface area contributed by atoms with Crippen molar-refractivity contribution in [2.45, 2.75) is 104 Å². The molecule has 0 aliphatic heterocycles. The van der Waals surface area contributed by atoms with Gasteiger partial charge >= 0.3 is 9.28 Å². The van der Waals surface area contributed by atoms with E-state index in [1.165, 1.54) is 55.2 Å². The summed E-state index contributed by atoms with van der Waals surface area (Å²) in [6.07, 6.45) is 2.54. The molecule has 0 bridgehead atoms. The van der Waals surface area contributed by atoms with Gasteiger partial charge in [0.25, 0.3) is 0 Å². The second-order valence-electron chi connectivity index (χ2n) is 6.29. The topological polar surface area (TPSA) is 18.5 Å². The highest BCUT2D eigenvalue weighted by Gasteiger charge is 2.37. The molecule has 0 amide bonds. The Balaban J connectivity index is 5.01. The van der Waals surface area contributed by atoms with Gasteiger partial charge in [-0.25, -0.2) is 0 Å². The first-order valence-corrected chi connectivity index (χ1v) is 16.2. The fourth-order valence-corrected chi connectivity index (χ4v) is 16.8. The fraction of sp³-hybridized carbons (Fsp3) is 1.00. The highest BCUT2D eigenvalue weighted by atomic mass is 28.4. The van der Waals surface area contributed by atoms with Crippen molar-refractivity contribution in [3.8, 4) is 0 Å². The van der Waals surface area contributed by atoms with Crippen LogP contribution in [0.15, 0.2) is 0 Å². The van der Waals surface area contributed by atoms with Gasteiger partial charge in [0.2, 0.25) is 0 Å². The predicted molar refractivity (Wildman–Crippen MR) is 103 cm³/mol. The Kier molecular flexibility index (Phi) is 11.5. The van der Waals surface area contributed by atoms with Gasteiger partial charge in [-0.05, 0) is 42.3 Å². The van der Waals surface area contributed by atoms with Gasteiger partial charge in [-0.2, -0.15) is 0 Å². The lowest BCUT2D eigenvalue weighted by atomic mass is 10.4. The summed E-state index contributed by atoms with van der Waals surface area (Å²) in [4.78, 5) is 0. The molecule has 0 aromatic rings. The Morgan fingerprint density at radius 3 is 1.19 bits per heavy atom. The number of hydrogen-bond donors (Lipinski definition) is 0. The van der Waals surface area contributed by atoms with Gasteiger partial charge in [-0.1, -0.05) is 61.3 Å². The lowest BCUT2D eigenvalue weighted by molar-refractivity contribution is 0.396. The summed E-state index contributed by atoms with van der Waals surface area (Å²) in [6, 6.07) is 8.71. The third-order valence-corrected chi connectivity index (χ3v) is 20.1. The second-order valence-corrected chi connectivity index (χ2v) is 18.6. The first kappa shape index (κ1) is 21.6. The van der Waals surface area contributed by atoms with E-state index in [2.05, 4.69) is 48.5 Å². The molecule has 0 aromatic heterocycles. The van der Waals surface area contributed by atoms with Crippen LogP contribution in [0.25, 0.3) is 0 Å². The van der Waals surface area contributed by atoms with Crippen molar-refractivity contribution in [1.29, 1.82) is 0 Å². The Labute approximate surface area is 138 Å². The van der Waals surface area contributed by atoms with Crippen molar-refractivity contribution in [3.63, 3.8) is 0 Å². The Morgan fingerprint density at radius 1 is 0.619 bits per heavy atom. The summed E-state index contributed by atoms with van der Waals surface area (Å²) in [5.41, 5.74) is 0. The highest BCUT2D eigenvalue weighted by molar-refractivity contribution is 6.83. The third-order valence-electron chi connectivity index (χ3n) is 5.42. The molecule has 0 rings (SSSR count). The molecule has 2 nitrogen and oxygen atoms in total. The first-order valence-electron chi connectivity index (χ1n) is 9.36. The van der Waals surface area contributed by atoms with Gasteiger partial charge in [0.15, 0.2) is 16.6 Å². The van der Waals surface area contributed by atoms with Crippen LogP contribution in [-0.2, 0) is 8.23 Å². The summed E-state index contributed by atoms with van der Waals surface area (Å²) in [5, 5.41) is 0. The molecule has 0 saturated heterocycles. The van der Waals surface area contributed by atoms with Crippen LogP contribution in [0.3, 0.4) is 0 Å². The molecule has 0 saturated carbocycles. The highest BCUT2D eigenvalue weighted by Crippen LogP contribution is 2.29. The van der Waals surface area contributed by atoms with E-state index in [4.69, 9.17) is 8.23 Å². The summed E-state index contributed by atoms with van der Waals surface area (Å²) in [5.74, 6) is 0. The molecule has 0 aliphatic carbocycles. The lowest BCUT2D eigenvalue weighted by Crippen LogP contribution is -2.49. The zero-order valence-corrected chi connectivity index (χ0v) is 18.9. The van der Waals surface area contributed by atoms with E-state index in [0.29, 0.717) is 0 Å². The number of hydrogen-bond acceptors (Lipinski definition) is 2. The fourth-order valence-electron chi connectivity index (χ4n) is 3.07. The zero-order chi connectivity index (χ0) is 16.4. The first-order chi connectivity index (χ1) is 10.0. The monoisotopic (exact) mass is 348 g/mol. The third kappa shape index (κ3) is 6.69. The van der Waals surface area contributed by atoms with E-state index in [9.17, 15) is 0 Å². The number of rotatable bonds is 13. The van der Waals surface area contributed by atoms with Crippen LogP contribution in [0.1, 0.15) is 61.3 Å². The molecule has 0 atom stereocenters. The molecule has 0 fully saturated rings. The minimum Gasteiger partial charge on any atom is -0.438 e. The normalized spacial score (nSPS) is 13.1. The van der Waals surface area contributed by atoms with Gasteiger partial charge in [0.05, 0.1) is 0 Å². The quantitative estimate of drug-likeness (QED) is 0.377. The van der Waals surface area contributed by atoms with Gasteiger partial charge in [0.1, 0.15) is 0 Å². The smallest absolute Gasteiger partial charge is 0.300 e. The van der Waals surface area contributed by atoms with Crippen molar-refractivity contribution < 1.29 is 8.23 Å². The SMILES string of the molecule is CCCC[SiH](O[Si](CC)(CC)CC)O[Si](CC)(CC)CC. The average Bonchev–Trinajstić information content (AvgIpc) is 2.55. The van der Waals surface area contributed by atoms with Crippen LogP contribution in [0, 0.1) is 0 Å². The maximum absolute atomic E-state index is 6.84. The minimum absolute atomic E-state index is 1.22. The number of unbranched alkanes of at least 4 members (excludes halogenated alkanes) is 1. The van der Waals surface area contributed by atoms with Crippen LogP contribution >= 0.6 is 0 Å². The molecule has 0 aliphatic rings. The Hall–Kier alpha value is 0.571. The molecule has 21 heavy (non-hydrogen) atoms. The van der Waals surface area contributed by atoms with Crippen LogP contribution in [0.5, 0.6) is 0 Å². The Bertz CT molecular complexity index is 215. The van der Waals surface area contributed by atoms with Gasteiger partial charge in [-0.15, -0.1) is 0 Å². The van der Waals surface area contributed by atoms with Gasteiger partial charge in [0, 0.05) is 0 Å². The summed E-state index contributed by atoms with van der Waals surface area (Å²) in [7, 11) is -4.50. The van der Waals surface area contributed by atoms with E-state index in [-0.39, 0.29) is 0 Å². The Morgan fingerprint density at radius 2 is 0.952 bits per heavy atom. The van der Waals surface area contributed by atoms with Crippen molar-refractivity contribution in [1.82, 2.24) is 0 Å². The summed E-state index contributed by atoms with van der Waals surface area (Å²) >= 11 is 0. The van der Waals surface area contributed by atoms with E-state index in [1.54, 1.807) is 0 Å². The van der Waals surface area contributed by atoms with E-state index < -0.39 is 25.9 Å². The molecule has 0 aromatic carbocycles. The van der Waals surface area contributed by atoms with Crippen molar-refractivity contribution in [3.05, 3.63) is 0 Å². The average molecular weight is 349 g/mol. The minimum atomic E-state index is -1.51. The largest absolute Gasteiger partial charge is 0.438 e. The summed E-state index contributed by atoms with van der Waals surface area (Å²) in [6.45, 7) is 16.2. The molecule has 0 heterocycles. The molecule has 128 valence electrons. The zero-order valence-electron chi connectivity index (χ0n) is 15.8. The lowest BCUT2D eigenvalue weighted by Gasteiger charge is -2.38. The van der Waals surface area contributed by atoms with E-state index >= 15 is 0 Å². The standard InChI is InChI=1S/C16H40O2Si3/c1-8-15-16-19(17-20(9-2,10-3)11-4)18-21(12-5,13-6)14-7/h19H,8-16H2,1-7H3. The van der Waals surface area contributed by atoms with Gasteiger partial charge in [-0.3, -0.25) is 0 Å². The molecular formula is C16H40O2Si3. The second kappa shape index (κ2) is 11.2. The molecular weight excluding hydrogens is 308 g/mol. The summed E-state index contributed by atoms with van der Waals surface area (Å²) < 4.78 is 13.7. The van der Waals surface area contributed by atoms with Crippen molar-refractivity contribution in [2.75, 3.05) is 0 Å². The molecule has 0 N–H and O–H groups in total. The molecule has 5 heteroatoms. The maximum Gasteiger partial charge on any atom is 0.300 e. The van der Waals surface area contributed by atoms with E-state index in [1.807, 2.05) is 0 Å². The maximum atomic E-state index is 6.84. The van der Waals surface area contributed by atoms with Crippen LogP contribution < -0.4 is 0 Å². The van der Waals surface area contributed by atoms with E-state index in [0.717, 1.165) is 0 Å². The predicted octanol–water partition coefficient (Wildman–Crippen LogP) is 6.05. The molecule has 0 radical (unpaired) electrons. The van der Waals surface area contributed by atoms with Crippen LogP contribution in [-0.4, -0.2) is 25.9 Å². The molecule has 0 spiro atoms. The van der Waals surface area contributed by atoms with Crippen LogP contribution in [0.4, 0.5) is 0 Å². The van der Waals surface area contributed by atoms with Crippen LogP contribution in [0.2, 0.25) is 42.3 Å². The van der Waals surface area contributed by atoms with Gasteiger partial charge < -0.3 is 8.23 Å².